The number of methoxy groups -OCH3 is 3. The van der Waals surface area contributed by atoms with Crippen LogP contribution in [-0.2, 0) is 14.3 Å². The van der Waals surface area contributed by atoms with Crippen LogP contribution in [0.15, 0.2) is 18.2 Å². The maximum absolute atomic E-state index is 12.0. The van der Waals surface area contributed by atoms with Crippen LogP contribution in [0.25, 0.3) is 0 Å². The summed E-state index contributed by atoms with van der Waals surface area (Å²) in [4.78, 5) is 34.4. The molecule has 1 N–H and O–H groups in total. The molecule has 0 aromatic heterocycles. The zero-order valence-electron chi connectivity index (χ0n) is 12.8. The highest BCUT2D eigenvalue weighted by Crippen LogP contribution is 2.27. The Hall–Kier alpha value is -2.57. The van der Waals surface area contributed by atoms with Gasteiger partial charge in [0.1, 0.15) is 0 Å². The van der Waals surface area contributed by atoms with Gasteiger partial charge >= 0.3 is 5.97 Å². The van der Waals surface area contributed by atoms with Gasteiger partial charge in [-0.15, -0.1) is 0 Å². The van der Waals surface area contributed by atoms with E-state index in [4.69, 9.17) is 9.47 Å². The summed E-state index contributed by atoms with van der Waals surface area (Å²) in [7, 11) is 4.22. The molecule has 0 spiro atoms. The fourth-order valence-corrected chi connectivity index (χ4v) is 1.69. The van der Waals surface area contributed by atoms with Gasteiger partial charge in [-0.1, -0.05) is 0 Å². The molecule has 0 heterocycles. The molecule has 1 amide bonds. The van der Waals surface area contributed by atoms with Crippen LogP contribution >= 0.6 is 0 Å². The van der Waals surface area contributed by atoms with E-state index in [2.05, 4.69) is 10.1 Å². The summed E-state index contributed by atoms with van der Waals surface area (Å²) < 4.78 is 14.6. The second-order valence-corrected chi connectivity index (χ2v) is 4.37. The molecule has 7 heteroatoms. The molecule has 120 valence electrons. The molecular formula is C15H19NO6. The molecule has 1 rings (SSSR count). The Bertz CT molecular complexity index is 555. The highest BCUT2D eigenvalue weighted by Gasteiger charge is 2.12. The van der Waals surface area contributed by atoms with Crippen LogP contribution in [0.4, 0.5) is 0 Å². The Morgan fingerprint density at radius 2 is 1.68 bits per heavy atom. The summed E-state index contributed by atoms with van der Waals surface area (Å²) in [6, 6.07) is 4.69. The van der Waals surface area contributed by atoms with E-state index in [1.165, 1.54) is 27.4 Å². The first kappa shape index (κ1) is 17.5. The molecule has 0 unspecified atom stereocenters. The van der Waals surface area contributed by atoms with E-state index in [1.54, 1.807) is 12.1 Å². The first-order valence-electron chi connectivity index (χ1n) is 6.60. The topological polar surface area (TPSA) is 90.9 Å². The van der Waals surface area contributed by atoms with Crippen molar-refractivity contribution in [3.05, 3.63) is 23.8 Å². The molecule has 0 saturated carbocycles. The minimum atomic E-state index is -0.459. The van der Waals surface area contributed by atoms with E-state index in [9.17, 15) is 14.4 Å². The van der Waals surface area contributed by atoms with Crippen molar-refractivity contribution >= 4 is 17.7 Å². The Morgan fingerprint density at radius 3 is 2.27 bits per heavy atom. The lowest BCUT2D eigenvalue weighted by atomic mass is 10.1. The van der Waals surface area contributed by atoms with E-state index in [1.807, 2.05) is 0 Å². The maximum Gasteiger partial charge on any atom is 0.305 e. The van der Waals surface area contributed by atoms with E-state index >= 15 is 0 Å². The van der Waals surface area contributed by atoms with E-state index in [0.29, 0.717) is 17.1 Å². The normalized spacial score (nSPS) is 9.77. The molecule has 0 saturated heterocycles. The minimum absolute atomic E-state index is 0.00155. The molecule has 0 aliphatic heterocycles. The lowest BCUT2D eigenvalue weighted by Gasteiger charge is -2.09. The third-order valence-corrected chi connectivity index (χ3v) is 2.93. The number of amides is 1. The Morgan fingerprint density at radius 1 is 1.00 bits per heavy atom. The van der Waals surface area contributed by atoms with Gasteiger partial charge in [0.2, 0.25) is 0 Å². The predicted octanol–water partition coefficient (Wildman–Crippen LogP) is 0.956. The smallest absolute Gasteiger partial charge is 0.305 e. The maximum atomic E-state index is 12.0. The number of rotatable bonds is 8. The number of ether oxygens (including phenoxy) is 3. The Balaban J connectivity index is 2.55. The predicted molar refractivity (Wildman–Crippen MR) is 78.1 cm³/mol. The summed E-state index contributed by atoms with van der Waals surface area (Å²) >= 11 is 0. The first-order valence-corrected chi connectivity index (χ1v) is 6.60. The van der Waals surface area contributed by atoms with Gasteiger partial charge in [0.15, 0.2) is 17.3 Å². The minimum Gasteiger partial charge on any atom is -0.493 e. The molecule has 0 fully saturated rings. The number of carbonyl (C=O) groups excluding carboxylic acids is 3. The zero-order valence-corrected chi connectivity index (χ0v) is 12.8. The summed E-state index contributed by atoms with van der Waals surface area (Å²) in [6.45, 7) is -0.149. The largest absolute Gasteiger partial charge is 0.493 e. The van der Waals surface area contributed by atoms with Crippen LogP contribution < -0.4 is 14.8 Å². The van der Waals surface area contributed by atoms with Gasteiger partial charge < -0.3 is 19.5 Å². The molecule has 7 nitrogen and oxygen atoms in total. The molecule has 0 atom stereocenters. The lowest BCUT2D eigenvalue weighted by Crippen LogP contribution is -2.29. The monoisotopic (exact) mass is 309 g/mol. The fraction of sp³-hybridized carbons (Fsp3) is 0.400. The number of ketones is 1. The number of esters is 1. The van der Waals surface area contributed by atoms with Gasteiger partial charge in [-0.3, -0.25) is 14.4 Å². The zero-order chi connectivity index (χ0) is 16.5. The van der Waals surface area contributed by atoms with Crippen LogP contribution in [0.5, 0.6) is 11.5 Å². The van der Waals surface area contributed by atoms with Crippen LogP contribution in [0.1, 0.15) is 23.2 Å². The van der Waals surface area contributed by atoms with Crippen molar-refractivity contribution in [2.75, 3.05) is 27.9 Å². The molecule has 22 heavy (non-hydrogen) atoms. The average molecular weight is 309 g/mol. The van der Waals surface area contributed by atoms with Gasteiger partial charge in [-0.2, -0.15) is 0 Å². The highest BCUT2D eigenvalue weighted by molar-refractivity contribution is 5.97. The summed E-state index contributed by atoms with van der Waals surface area (Å²) in [5, 5.41) is 2.49. The number of hydrogen-bond donors (Lipinski definition) is 1. The number of hydrogen-bond acceptors (Lipinski definition) is 6. The SMILES string of the molecule is COC(=O)CCC(=O)CNC(=O)c1ccc(OC)c(OC)c1. The van der Waals surface area contributed by atoms with E-state index in [-0.39, 0.29) is 25.2 Å². The van der Waals surface area contributed by atoms with Crippen molar-refractivity contribution in [2.45, 2.75) is 12.8 Å². The highest BCUT2D eigenvalue weighted by atomic mass is 16.5. The van der Waals surface area contributed by atoms with Crippen molar-refractivity contribution in [1.29, 1.82) is 0 Å². The molecule has 0 bridgehead atoms. The summed E-state index contributed by atoms with van der Waals surface area (Å²) in [5.74, 6) is -0.188. The van der Waals surface area contributed by atoms with Crippen molar-refractivity contribution in [3.63, 3.8) is 0 Å². The molecular weight excluding hydrogens is 290 g/mol. The number of Topliss-reactive ketones (excluding diaryl/α,β-unsaturated/α-hetero) is 1. The molecule has 1 aromatic rings. The van der Waals surface area contributed by atoms with Gasteiger partial charge in [-0.25, -0.2) is 0 Å². The van der Waals surface area contributed by atoms with E-state index < -0.39 is 11.9 Å². The second kappa shape index (κ2) is 8.66. The van der Waals surface area contributed by atoms with Crippen molar-refractivity contribution < 1.29 is 28.6 Å². The quantitative estimate of drug-likeness (QED) is 0.719. The summed E-state index contributed by atoms with van der Waals surface area (Å²) in [5.41, 5.74) is 0.346. The second-order valence-electron chi connectivity index (χ2n) is 4.37. The lowest BCUT2D eigenvalue weighted by molar-refractivity contribution is -0.141. The molecule has 0 aliphatic carbocycles. The molecule has 0 radical (unpaired) electrons. The van der Waals surface area contributed by atoms with Gasteiger partial charge in [0.05, 0.1) is 34.3 Å². The van der Waals surface area contributed by atoms with Crippen molar-refractivity contribution in [2.24, 2.45) is 0 Å². The number of carbonyl (C=O) groups is 3. The van der Waals surface area contributed by atoms with Gasteiger partial charge in [0.25, 0.3) is 5.91 Å². The fourth-order valence-electron chi connectivity index (χ4n) is 1.69. The van der Waals surface area contributed by atoms with Crippen LogP contribution in [0.2, 0.25) is 0 Å². The van der Waals surface area contributed by atoms with Crippen LogP contribution in [0, 0.1) is 0 Å². The van der Waals surface area contributed by atoms with Crippen LogP contribution in [0.3, 0.4) is 0 Å². The third kappa shape index (κ3) is 5.08. The number of nitrogens with one attached hydrogen (secondary N) is 1. The molecule has 0 aliphatic rings. The standard InChI is InChI=1S/C15H19NO6/c1-20-12-6-4-10(8-13(12)21-2)15(19)16-9-11(17)5-7-14(18)22-3/h4,6,8H,5,7,9H2,1-3H3,(H,16,19). The third-order valence-electron chi connectivity index (χ3n) is 2.93. The van der Waals surface area contributed by atoms with E-state index in [0.717, 1.165) is 0 Å². The first-order chi connectivity index (χ1) is 10.5. The van der Waals surface area contributed by atoms with Crippen LogP contribution in [-0.4, -0.2) is 45.5 Å². The van der Waals surface area contributed by atoms with Crippen molar-refractivity contribution in [1.82, 2.24) is 5.32 Å². The van der Waals surface area contributed by atoms with Gasteiger partial charge in [-0.05, 0) is 18.2 Å². The van der Waals surface area contributed by atoms with Gasteiger partial charge in [0, 0.05) is 12.0 Å². The number of benzene rings is 1. The molecule has 1 aromatic carbocycles. The average Bonchev–Trinajstić information content (AvgIpc) is 2.56. The Labute approximate surface area is 128 Å². The summed E-state index contributed by atoms with van der Waals surface area (Å²) in [6.07, 6.45) is 0.0282. The Kier molecular flexibility index (Phi) is 6.88. The van der Waals surface area contributed by atoms with Crippen molar-refractivity contribution in [3.8, 4) is 11.5 Å².